The molecule has 1 aromatic rings. The van der Waals surface area contributed by atoms with Crippen LogP contribution in [0.25, 0.3) is 0 Å². The normalized spacial score (nSPS) is 27.5. The van der Waals surface area contributed by atoms with Crippen LogP contribution in [0.5, 0.6) is 0 Å². The highest BCUT2D eigenvalue weighted by molar-refractivity contribution is 5.74. The maximum atomic E-state index is 12.5. The zero-order valence-corrected chi connectivity index (χ0v) is 19.2. The van der Waals surface area contributed by atoms with Gasteiger partial charge < -0.3 is 20.6 Å². The number of hydrogen-bond donors (Lipinski definition) is 3. The first-order chi connectivity index (χ1) is 15.6. The van der Waals surface area contributed by atoms with Crippen LogP contribution in [0.2, 0.25) is 0 Å². The van der Waals surface area contributed by atoms with Gasteiger partial charge in [-0.3, -0.25) is 4.79 Å². The number of piperidine rings is 1. The number of amides is 2. The molecule has 1 saturated heterocycles. The third-order valence-corrected chi connectivity index (χ3v) is 7.43. The maximum Gasteiger partial charge on any atom is 0.315 e. The van der Waals surface area contributed by atoms with Crippen LogP contribution in [0.15, 0.2) is 16.9 Å². The third kappa shape index (κ3) is 5.82. The molecule has 2 aliphatic carbocycles. The molecule has 8 nitrogen and oxygen atoms in total. The Bertz CT molecular complexity index is 805. The molecule has 1 aromatic heterocycles. The number of aliphatic hydroxyl groups is 1. The molecule has 2 amide bonds. The summed E-state index contributed by atoms with van der Waals surface area (Å²) in [6.45, 7) is 1.42. The van der Waals surface area contributed by atoms with Crippen molar-refractivity contribution in [3.8, 4) is 0 Å². The Morgan fingerprint density at radius 2 is 1.69 bits per heavy atom. The minimum absolute atomic E-state index is 0.0781. The Morgan fingerprint density at radius 3 is 2.47 bits per heavy atom. The van der Waals surface area contributed by atoms with Crippen LogP contribution in [-0.4, -0.2) is 52.2 Å². The Morgan fingerprint density at radius 1 is 0.969 bits per heavy atom. The smallest absolute Gasteiger partial charge is 0.315 e. The average molecular weight is 446 g/mol. The van der Waals surface area contributed by atoms with Crippen LogP contribution in [0.4, 0.5) is 10.6 Å². The van der Waals surface area contributed by atoms with Gasteiger partial charge in [-0.1, -0.05) is 38.5 Å². The van der Waals surface area contributed by atoms with Gasteiger partial charge in [0.1, 0.15) is 5.82 Å². The van der Waals surface area contributed by atoms with Crippen molar-refractivity contribution in [1.82, 2.24) is 20.4 Å². The molecule has 3 atom stereocenters. The zero-order chi connectivity index (χ0) is 22.3. The van der Waals surface area contributed by atoms with Gasteiger partial charge >= 0.3 is 6.03 Å². The summed E-state index contributed by atoms with van der Waals surface area (Å²) in [5.41, 5.74) is -0.158. The van der Waals surface area contributed by atoms with Gasteiger partial charge in [0, 0.05) is 31.2 Å². The molecule has 0 spiro atoms. The molecule has 3 unspecified atom stereocenters. The number of nitrogens with zero attached hydrogens (tertiary/aromatic N) is 3. The van der Waals surface area contributed by atoms with Gasteiger partial charge in [0.2, 0.25) is 0 Å². The van der Waals surface area contributed by atoms with Gasteiger partial charge in [0.25, 0.3) is 5.56 Å². The highest BCUT2D eigenvalue weighted by Crippen LogP contribution is 2.28. The molecule has 178 valence electrons. The molecule has 0 aromatic carbocycles. The van der Waals surface area contributed by atoms with Crippen LogP contribution in [0, 0.1) is 0 Å². The number of anilines is 1. The van der Waals surface area contributed by atoms with Gasteiger partial charge in [0.15, 0.2) is 0 Å². The number of aliphatic hydroxyl groups excluding tert-OH is 1. The van der Waals surface area contributed by atoms with E-state index in [0.717, 1.165) is 70.2 Å². The van der Waals surface area contributed by atoms with Crippen LogP contribution in [-0.2, 0) is 0 Å². The van der Waals surface area contributed by atoms with Gasteiger partial charge in [-0.2, -0.15) is 5.10 Å². The molecule has 0 radical (unpaired) electrons. The van der Waals surface area contributed by atoms with E-state index >= 15 is 0 Å². The van der Waals surface area contributed by atoms with Gasteiger partial charge in [-0.15, -0.1) is 0 Å². The molecule has 8 heteroatoms. The van der Waals surface area contributed by atoms with Crippen LogP contribution >= 0.6 is 0 Å². The predicted octanol–water partition coefficient (Wildman–Crippen LogP) is 3.10. The van der Waals surface area contributed by atoms with E-state index in [-0.39, 0.29) is 29.7 Å². The molecular weight excluding hydrogens is 406 g/mol. The van der Waals surface area contributed by atoms with Gasteiger partial charge in [-0.25, -0.2) is 9.48 Å². The molecule has 3 fully saturated rings. The molecule has 2 saturated carbocycles. The Hall–Kier alpha value is -2.09. The monoisotopic (exact) mass is 445 g/mol. The third-order valence-electron chi connectivity index (χ3n) is 7.43. The second-order valence-electron chi connectivity index (χ2n) is 9.78. The maximum absolute atomic E-state index is 12.5. The first kappa shape index (κ1) is 23.1. The number of nitrogens with one attached hydrogen (secondary N) is 2. The summed E-state index contributed by atoms with van der Waals surface area (Å²) in [6.07, 6.45) is 13.2. The van der Waals surface area contributed by atoms with E-state index in [9.17, 15) is 14.7 Å². The number of carbonyl (C=O) groups is 1. The summed E-state index contributed by atoms with van der Waals surface area (Å²) in [5, 5.41) is 21.4. The number of carbonyl (C=O) groups excluding carboxylic acids is 1. The Labute approximate surface area is 190 Å². The zero-order valence-electron chi connectivity index (χ0n) is 19.2. The van der Waals surface area contributed by atoms with Crippen molar-refractivity contribution in [2.45, 2.75) is 108 Å². The fourth-order valence-corrected chi connectivity index (χ4v) is 5.57. The Balaban J connectivity index is 1.40. The lowest BCUT2D eigenvalue weighted by Gasteiger charge is -2.37. The lowest BCUT2D eigenvalue weighted by atomic mass is 9.93. The largest absolute Gasteiger partial charge is 0.391 e. The van der Waals surface area contributed by atoms with Gasteiger partial charge in [0.05, 0.1) is 12.1 Å². The SMILES string of the molecule is O=C(NCC1CCCCN1c1ccc(=O)n(C2CCCCC2O)n1)NC1CCCCCC1. The topological polar surface area (TPSA) is 99.5 Å². The van der Waals surface area contributed by atoms with Crippen LogP contribution in [0.1, 0.15) is 89.5 Å². The lowest BCUT2D eigenvalue weighted by molar-refractivity contribution is 0.0669. The summed E-state index contributed by atoms with van der Waals surface area (Å²) < 4.78 is 1.50. The predicted molar refractivity (Wildman–Crippen MR) is 125 cm³/mol. The highest BCUT2D eigenvalue weighted by Gasteiger charge is 2.29. The fourth-order valence-electron chi connectivity index (χ4n) is 5.57. The lowest BCUT2D eigenvalue weighted by Crippen LogP contribution is -2.51. The quantitative estimate of drug-likeness (QED) is 0.605. The minimum Gasteiger partial charge on any atom is -0.391 e. The standard InChI is InChI=1S/C24H39N5O3/c30-21-13-6-5-12-20(21)29-23(31)15-14-22(27-29)28-16-8-7-11-19(28)17-25-24(32)26-18-9-3-1-2-4-10-18/h14-15,18-21,30H,1-13,16-17H2,(H2,25,26,32). The molecule has 4 rings (SSSR count). The second-order valence-corrected chi connectivity index (χ2v) is 9.78. The summed E-state index contributed by atoms with van der Waals surface area (Å²) in [5.74, 6) is 0.762. The molecule has 1 aliphatic heterocycles. The molecule has 3 aliphatic rings. The summed E-state index contributed by atoms with van der Waals surface area (Å²) in [7, 11) is 0. The number of rotatable bonds is 5. The highest BCUT2D eigenvalue weighted by atomic mass is 16.3. The van der Waals surface area contributed by atoms with Crippen molar-refractivity contribution in [3.05, 3.63) is 22.5 Å². The van der Waals surface area contributed by atoms with E-state index in [0.29, 0.717) is 6.54 Å². The number of urea groups is 1. The number of aromatic nitrogens is 2. The number of hydrogen-bond acceptors (Lipinski definition) is 5. The van der Waals surface area contributed by atoms with Crippen molar-refractivity contribution in [1.29, 1.82) is 0 Å². The summed E-state index contributed by atoms with van der Waals surface area (Å²) in [6, 6.07) is 3.47. The molecule has 2 heterocycles. The molecule has 3 N–H and O–H groups in total. The fraction of sp³-hybridized carbons (Fsp3) is 0.792. The van der Waals surface area contributed by atoms with Crippen LogP contribution < -0.4 is 21.1 Å². The van der Waals surface area contributed by atoms with Crippen molar-refractivity contribution < 1.29 is 9.90 Å². The van der Waals surface area contributed by atoms with Crippen molar-refractivity contribution in [3.63, 3.8) is 0 Å². The summed E-state index contributed by atoms with van der Waals surface area (Å²) in [4.78, 5) is 27.3. The Kier molecular flexibility index (Phi) is 8.05. The molecular formula is C24H39N5O3. The second kappa shape index (κ2) is 11.2. The van der Waals surface area contributed by atoms with Crippen LogP contribution in [0.3, 0.4) is 0 Å². The van der Waals surface area contributed by atoms with Crippen molar-refractivity contribution in [2.24, 2.45) is 0 Å². The van der Waals surface area contributed by atoms with E-state index in [2.05, 4.69) is 15.5 Å². The first-order valence-electron chi connectivity index (χ1n) is 12.7. The first-order valence-corrected chi connectivity index (χ1v) is 12.7. The molecule has 0 bridgehead atoms. The average Bonchev–Trinajstić information content (AvgIpc) is 3.07. The van der Waals surface area contributed by atoms with E-state index in [1.54, 1.807) is 12.1 Å². The van der Waals surface area contributed by atoms with Crippen molar-refractivity contribution >= 4 is 11.8 Å². The molecule has 32 heavy (non-hydrogen) atoms. The van der Waals surface area contributed by atoms with Crippen molar-refractivity contribution in [2.75, 3.05) is 18.0 Å². The van der Waals surface area contributed by atoms with E-state index < -0.39 is 6.10 Å². The minimum atomic E-state index is -0.518. The van der Waals surface area contributed by atoms with E-state index in [1.807, 2.05) is 0 Å². The van der Waals surface area contributed by atoms with E-state index in [1.165, 1.54) is 30.4 Å². The van der Waals surface area contributed by atoms with Gasteiger partial charge in [-0.05, 0) is 51.0 Å². The van der Waals surface area contributed by atoms with E-state index in [4.69, 9.17) is 5.10 Å². The summed E-state index contributed by atoms with van der Waals surface area (Å²) >= 11 is 0.